The largest absolute Gasteiger partial charge is 0.490 e. The summed E-state index contributed by atoms with van der Waals surface area (Å²) in [6.45, 7) is 4.06. The van der Waals surface area contributed by atoms with Gasteiger partial charge < -0.3 is 19.5 Å². The van der Waals surface area contributed by atoms with E-state index in [0.29, 0.717) is 17.2 Å². The Hall–Kier alpha value is -2.67. The molecule has 2 fully saturated rings. The van der Waals surface area contributed by atoms with E-state index in [9.17, 15) is 4.79 Å². The van der Waals surface area contributed by atoms with Crippen LogP contribution in [0, 0.1) is 0 Å². The van der Waals surface area contributed by atoms with E-state index >= 15 is 0 Å². The van der Waals surface area contributed by atoms with Gasteiger partial charge in [-0.15, -0.1) is 5.10 Å². The van der Waals surface area contributed by atoms with Crippen LogP contribution in [-0.2, 0) is 11.2 Å². The average Bonchev–Trinajstić information content (AvgIpc) is 2.89. The number of unbranched alkanes of at least 4 members (excludes halogenated alkanes) is 1. The minimum Gasteiger partial charge on any atom is -0.490 e. The van der Waals surface area contributed by atoms with E-state index in [2.05, 4.69) is 22.4 Å². The van der Waals surface area contributed by atoms with Crippen LogP contribution in [0.15, 0.2) is 24.3 Å². The molecule has 0 radical (unpaired) electrons. The Labute approximate surface area is 202 Å². The molecule has 2 aliphatic rings. The highest BCUT2D eigenvalue weighted by atomic mass is 16.5. The number of hydrogen-bond donors (Lipinski definition) is 1. The number of carbonyl (C=O) groups excluding carboxylic acids is 1. The molecule has 34 heavy (non-hydrogen) atoms. The van der Waals surface area contributed by atoms with Crippen molar-refractivity contribution in [1.82, 2.24) is 15.5 Å². The second-order valence-corrected chi connectivity index (χ2v) is 9.29. The number of aromatic nitrogens is 2. The first-order valence-corrected chi connectivity index (χ1v) is 12.8. The van der Waals surface area contributed by atoms with Gasteiger partial charge >= 0.3 is 5.97 Å². The number of esters is 1. The summed E-state index contributed by atoms with van der Waals surface area (Å²) in [4.78, 5) is 12.7. The SMILES string of the molecule is CCCCc1nnc(OC2CCNCC2)cc1-c1ccc(OC2CCCCC2)c(C(=O)OC)c1. The Morgan fingerprint density at radius 3 is 2.50 bits per heavy atom. The van der Waals surface area contributed by atoms with E-state index in [1.807, 2.05) is 24.3 Å². The number of ether oxygens (including phenoxy) is 3. The Morgan fingerprint density at radius 1 is 1.00 bits per heavy atom. The Morgan fingerprint density at radius 2 is 1.76 bits per heavy atom. The molecule has 1 saturated carbocycles. The van der Waals surface area contributed by atoms with Gasteiger partial charge in [-0.3, -0.25) is 0 Å². The molecule has 1 saturated heterocycles. The molecule has 184 valence electrons. The van der Waals surface area contributed by atoms with Crippen LogP contribution in [0.2, 0.25) is 0 Å². The Kier molecular flexibility index (Phi) is 8.74. The van der Waals surface area contributed by atoms with Crippen molar-refractivity contribution in [2.75, 3.05) is 20.2 Å². The highest BCUT2D eigenvalue weighted by Gasteiger charge is 2.22. The lowest BCUT2D eigenvalue weighted by Gasteiger charge is -2.24. The molecule has 1 aliphatic heterocycles. The second kappa shape index (κ2) is 12.2. The molecular formula is C27H37N3O4. The predicted molar refractivity (Wildman–Crippen MR) is 131 cm³/mol. The monoisotopic (exact) mass is 467 g/mol. The highest BCUT2D eigenvalue weighted by molar-refractivity contribution is 5.94. The van der Waals surface area contributed by atoms with Gasteiger partial charge in [0.25, 0.3) is 0 Å². The molecule has 1 aromatic heterocycles. The lowest BCUT2D eigenvalue weighted by atomic mass is 9.97. The first kappa shape index (κ1) is 24.5. The second-order valence-electron chi connectivity index (χ2n) is 9.29. The molecule has 7 heteroatoms. The summed E-state index contributed by atoms with van der Waals surface area (Å²) in [5, 5.41) is 12.3. The number of carbonyl (C=O) groups is 1. The van der Waals surface area contributed by atoms with Crippen LogP contribution in [0.4, 0.5) is 0 Å². The van der Waals surface area contributed by atoms with Crippen molar-refractivity contribution in [2.45, 2.75) is 83.3 Å². The number of aryl methyl sites for hydroxylation is 1. The fourth-order valence-corrected chi connectivity index (χ4v) is 4.75. The lowest BCUT2D eigenvalue weighted by molar-refractivity contribution is 0.0590. The van der Waals surface area contributed by atoms with Crippen molar-refractivity contribution >= 4 is 5.97 Å². The van der Waals surface area contributed by atoms with Crippen molar-refractivity contribution in [3.63, 3.8) is 0 Å². The summed E-state index contributed by atoms with van der Waals surface area (Å²) < 4.78 is 17.5. The van der Waals surface area contributed by atoms with E-state index < -0.39 is 5.97 Å². The molecule has 2 heterocycles. The molecule has 7 nitrogen and oxygen atoms in total. The minimum atomic E-state index is -0.393. The first-order valence-electron chi connectivity index (χ1n) is 12.8. The average molecular weight is 468 g/mol. The van der Waals surface area contributed by atoms with E-state index in [1.165, 1.54) is 26.4 Å². The zero-order chi connectivity index (χ0) is 23.8. The van der Waals surface area contributed by atoms with Gasteiger partial charge in [-0.1, -0.05) is 25.8 Å². The third-order valence-electron chi connectivity index (χ3n) is 6.73. The van der Waals surface area contributed by atoms with E-state index in [0.717, 1.165) is 74.9 Å². The van der Waals surface area contributed by atoms with Gasteiger partial charge in [-0.25, -0.2) is 4.79 Å². The summed E-state index contributed by atoms with van der Waals surface area (Å²) in [7, 11) is 1.41. The van der Waals surface area contributed by atoms with Crippen LogP contribution in [0.5, 0.6) is 11.6 Å². The number of piperidine rings is 1. The normalized spacial score (nSPS) is 17.4. The molecule has 1 aromatic carbocycles. The molecule has 0 atom stereocenters. The maximum Gasteiger partial charge on any atom is 0.341 e. The number of methoxy groups -OCH3 is 1. The van der Waals surface area contributed by atoms with Gasteiger partial charge in [0.2, 0.25) is 5.88 Å². The Bertz CT molecular complexity index is 953. The van der Waals surface area contributed by atoms with Crippen LogP contribution in [0.3, 0.4) is 0 Å². The van der Waals surface area contributed by atoms with Gasteiger partial charge in [0.15, 0.2) is 0 Å². The molecule has 1 aliphatic carbocycles. The van der Waals surface area contributed by atoms with Crippen LogP contribution in [-0.4, -0.2) is 48.6 Å². The van der Waals surface area contributed by atoms with E-state index in [1.54, 1.807) is 0 Å². The molecular weight excluding hydrogens is 430 g/mol. The van der Waals surface area contributed by atoms with Crippen molar-refractivity contribution in [3.05, 3.63) is 35.5 Å². The zero-order valence-corrected chi connectivity index (χ0v) is 20.5. The molecule has 2 aromatic rings. The Balaban J connectivity index is 1.65. The topological polar surface area (TPSA) is 82.6 Å². The van der Waals surface area contributed by atoms with Crippen molar-refractivity contribution in [2.24, 2.45) is 0 Å². The smallest absolute Gasteiger partial charge is 0.341 e. The van der Waals surface area contributed by atoms with Crippen molar-refractivity contribution in [3.8, 4) is 22.8 Å². The van der Waals surface area contributed by atoms with Gasteiger partial charge in [0.1, 0.15) is 17.4 Å². The molecule has 0 spiro atoms. The van der Waals surface area contributed by atoms with Crippen LogP contribution >= 0.6 is 0 Å². The summed E-state index contributed by atoms with van der Waals surface area (Å²) in [5.74, 6) is 0.728. The quantitative estimate of drug-likeness (QED) is 0.513. The van der Waals surface area contributed by atoms with Crippen LogP contribution in [0.1, 0.15) is 80.8 Å². The standard InChI is InChI=1S/C27H37N3O4/c1-3-4-10-24-22(18-26(30-29-24)34-21-13-15-28-16-14-21)19-11-12-25(23(17-19)27(31)32-2)33-20-8-6-5-7-9-20/h11-12,17-18,20-21,28H,3-10,13-16H2,1-2H3. The summed E-state index contributed by atoms with van der Waals surface area (Å²) in [6.07, 6.45) is 10.7. The summed E-state index contributed by atoms with van der Waals surface area (Å²) >= 11 is 0. The van der Waals surface area contributed by atoms with Crippen LogP contribution in [0.25, 0.3) is 11.1 Å². The molecule has 1 N–H and O–H groups in total. The zero-order valence-electron chi connectivity index (χ0n) is 20.5. The number of benzene rings is 1. The third-order valence-corrected chi connectivity index (χ3v) is 6.73. The van der Waals surface area contributed by atoms with E-state index in [-0.39, 0.29) is 12.2 Å². The van der Waals surface area contributed by atoms with Crippen LogP contribution < -0.4 is 14.8 Å². The minimum absolute atomic E-state index is 0.141. The third kappa shape index (κ3) is 6.26. The van der Waals surface area contributed by atoms with Gasteiger partial charge in [-0.05, 0) is 82.2 Å². The number of rotatable bonds is 9. The fraction of sp³-hybridized carbons (Fsp3) is 0.593. The molecule has 0 amide bonds. The van der Waals surface area contributed by atoms with Gasteiger partial charge in [-0.2, -0.15) is 5.10 Å². The molecule has 0 unspecified atom stereocenters. The highest BCUT2D eigenvalue weighted by Crippen LogP contribution is 2.33. The maximum atomic E-state index is 12.7. The van der Waals surface area contributed by atoms with E-state index in [4.69, 9.17) is 14.2 Å². The van der Waals surface area contributed by atoms with Crippen molar-refractivity contribution < 1.29 is 19.0 Å². The predicted octanol–water partition coefficient (Wildman–Crippen LogP) is 5.12. The lowest BCUT2D eigenvalue weighted by Crippen LogP contribution is -2.34. The number of nitrogens with one attached hydrogen (secondary N) is 1. The number of hydrogen-bond acceptors (Lipinski definition) is 7. The van der Waals surface area contributed by atoms with Gasteiger partial charge in [0.05, 0.1) is 18.9 Å². The van der Waals surface area contributed by atoms with Crippen molar-refractivity contribution in [1.29, 1.82) is 0 Å². The van der Waals surface area contributed by atoms with Gasteiger partial charge in [0, 0.05) is 11.6 Å². The summed E-state index contributed by atoms with van der Waals surface area (Å²) in [5.41, 5.74) is 3.20. The molecule has 4 rings (SSSR count). The molecule has 0 bridgehead atoms. The maximum absolute atomic E-state index is 12.7. The number of nitrogens with zero attached hydrogens (tertiary/aromatic N) is 2. The summed E-state index contributed by atoms with van der Waals surface area (Å²) in [6, 6.07) is 7.74. The fourth-order valence-electron chi connectivity index (χ4n) is 4.75. The first-order chi connectivity index (χ1) is 16.7.